The molecule has 11 heteroatoms. The third-order valence-corrected chi connectivity index (χ3v) is 7.18. The monoisotopic (exact) mass is 559 g/mol. The molecule has 2 aromatic rings. The zero-order valence-corrected chi connectivity index (χ0v) is 23.6. The maximum Gasteiger partial charge on any atom is 0.411 e. The van der Waals surface area contributed by atoms with E-state index in [-0.39, 0.29) is 48.7 Å². The summed E-state index contributed by atoms with van der Waals surface area (Å²) in [6, 6.07) is 4.33. The Kier molecular flexibility index (Phi) is 8.07. The van der Waals surface area contributed by atoms with Crippen LogP contribution in [0.4, 0.5) is 4.79 Å². The maximum atomic E-state index is 13.6. The summed E-state index contributed by atoms with van der Waals surface area (Å²) in [5.74, 6) is -0.179. The van der Waals surface area contributed by atoms with Crippen LogP contribution in [-0.2, 0) is 19.1 Å². The van der Waals surface area contributed by atoms with Crippen molar-refractivity contribution in [3.05, 3.63) is 36.0 Å². The van der Waals surface area contributed by atoms with Crippen LogP contribution >= 0.6 is 11.6 Å². The van der Waals surface area contributed by atoms with Gasteiger partial charge in [-0.15, -0.1) is 6.58 Å². The molecule has 39 heavy (non-hydrogen) atoms. The summed E-state index contributed by atoms with van der Waals surface area (Å²) >= 11 is 6.37. The van der Waals surface area contributed by atoms with Crippen LogP contribution in [0.15, 0.2) is 30.9 Å². The van der Waals surface area contributed by atoms with Gasteiger partial charge in [0.1, 0.15) is 17.5 Å². The van der Waals surface area contributed by atoms with Crippen molar-refractivity contribution in [2.24, 2.45) is 11.3 Å². The number of amides is 1. The molecule has 1 saturated carbocycles. The Morgan fingerprint density at radius 2 is 1.97 bits per heavy atom. The number of carbonyl (C=O) groups excluding carboxylic acids is 3. The third-order valence-electron chi connectivity index (χ3n) is 6.93. The Labute approximate surface area is 232 Å². The summed E-state index contributed by atoms with van der Waals surface area (Å²) in [4.78, 5) is 49.7. The van der Waals surface area contributed by atoms with E-state index in [1.165, 1.54) is 4.90 Å². The van der Waals surface area contributed by atoms with Gasteiger partial charge in [-0.2, -0.15) is 0 Å². The predicted molar refractivity (Wildman–Crippen MR) is 144 cm³/mol. The predicted octanol–water partition coefficient (Wildman–Crippen LogP) is 4.76. The first-order chi connectivity index (χ1) is 18.4. The molecule has 2 heterocycles. The van der Waals surface area contributed by atoms with E-state index >= 15 is 0 Å². The number of fused-ring (bicyclic) bond motifs is 1. The van der Waals surface area contributed by atoms with Crippen LogP contribution in [0.2, 0.25) is 5.15 Å². The highest BCUT2D eigenvalue weighted by Gasteiger charge is 2.61. The van der Waals surface area contributed by atoms with Crippen molar-refractivity contribution in [1.29, 1.82) is 0 Å². The van der Waals surface area contributed by atoms with Crippen molar-refractivity contribution in [2.45, 2.75) is 64.7 Å². The summed E-state index contributed by atoms with van der Waals surface area (Å²) in [6.45, 7) is 11.0. The summed E-state index contributed by atoms with van der Waals surface area (Å²) in [6.07, 6.45) is 0.986. The molecule has 4 rings (SSSR count). The average molecular weight is 560 g/mol. The highest BCUT2D eigenvalue weighted by molar-refractivity contribution is 6.31. The standard InChI is InChI=1S/C28H34ClN3O7/c1-7-16-13-28(16,25(34)37-8-2)14-22(33)21-12-18(15-32(21)26(35)39-27(3,4)5)38-24-23(29)30-19-10-9-17(36-6)11-20(19)31-24/h7,9-11,16,18,21H,1,8,12-15H2,2-6H3/t16-,18-,21+,28-/m1/s1. The van der Waals surface area contributed by atoms with Crippen molar-refractivity contribution in [1.82, 2.24) is 14.9 Å². The van der Waals surface area contributed by atoms with Crippen molar-refractivity contribution in [3.8, 4) is 11.6 Å². The molecule has 0 spiro atoms. The molecule has 0 radical (unpaired) electrons. The Bertz CT molecular complexity index is 1290. The van der Waals surface area contributed by atoms with Gasteiger partial charge in [0.2, 0.25) is 0 Å². The summed E-state index contributed by atoms with van der Waals surface area (Å²) in [7, 11) is 1.55. The van der Waals surface area contributed by atoms with Crippen LogP contribution in [0.25, 0.3) is 11.0 Å². The second kappa shape index (κ2) is 11.0. The van der Waals surface area contributed by atoms with Gasteiger partial charge in [-0.3, -0.25) is 14.5 Å². The number of Topliss-reactive ketones (excluding diaryl/α,β-unsaturated/α-hetero) is 1. The van der Waals surface area contributed by atoms with E-state index in [0.717, 1.165) is 0 Å². The van der Waals surface area contributed by atoms with Gasteiger partial charge >= 0.3 is 12.1 Å². The molecule has 1 aromatic heterocycles. The Morgan fingerprint density at radius 3 is 2.59 bits per heavy atom. The number of halogens is 1. The molecule has 0 N–H and O–H groups in total. The van der Waals surface area contributed by atoms with Crippen LogP contribution in [0, 0.1) is 11.3 Å². The van der Waals surface area contributed by atoms with Crippen molar-refractivity contribution < 1.29 is 33.3 Å². The lowest BCUT2D eigenvalue weighted by molar-refractivity contribution is -0.152. The number of likely N-dealkylation sites (tertiary alicyclic amines) is 1. The number of ketones is 1. The minimum atomic E-state index is -0.959. The normalized spacial score (nSPS) is 24.3. The van der Waals surface area contributed by atoms with Gasteiger partial charge in [-0.25, -0.2) is 14.8 Å². The number of allylic oxidation sites excluding steroid dienone is 1. The molecule has 1 aliphatic heterocycles. The van der Waals surface area contributed by atoms with Gasteiger partial charge in [0.25, 0.3) is 5.88 Å². The number of methoxy groups -OCH3 is 1. The lowest BCUT2D eigenvalue weighted by atomic mass is 9.92. The number of carbonyl (C=O) groups is 3. The fraction of sp³-hybridized carbons (Fsp3) is 0.536. The molecule has 0 unspecified atom stereocenters. The van der Waals surface area contributed by atoms with Gasteiger partial charge < -0.3 is 18.9 Å². The molecule has 4 atom stereocenters. The lowest BCUT2D eigenvalue weighted by Gasteiger charge is -2.28. The van der Waals surface area contributed by atoms with E-state index < -0.39 is 35.2 Å². The van der Waals surface area contributed by atoms with Crippen LogP contribution < -0.4 is 9.47 Å². The Balaban J connectivity index is 1.58. The minimum absolute atomic E-state index is 0.0549. The third kappa shape index (κ3) is 6.11. The number of nitrogens with zero attached hydrogens (tertiary/aromatic N) is 3. The number of esters is 1. The summed E-state index contributed by atoms with van der Waals surface area (Å²) < 4.78 is 22.2. The summed E-state index contributed by atoms with van der Waals surface area (Å²) in [5, 5.41) is 0.0549. The molecule has 0 bridgehead atoms. The molecule has 210 valence electrons. The second-order valence-electron chi connectivity index (χ2n) is 10.9. The highest BCUT2D eigenvalue weighted by Crippen LogP contribution is 2.57. The molecule has 1 aliphatic carbocycles. The number of hydrogen-bond acceptors (Lipinski definition) is 9. The first kappa shape index (κ1) is 28.6. The molecule has 1 aromatic carbocycles. The zero-order chi connectivity index (χ0) is 28.5. The molecule has 1 amide bonds. The van der Waals surface area contributed by atoms with Crippen molar-refractivity contribution in [3.63, 3.8) is 0 Å². The molecule has 10 nitrogen and oxygen atoms in total. The number of hydrogen-bond donors (Lipinski definition) is 0. The quantitative estimate of drug-likeness (QED) is 0.316. The Morgan fingerprint density at radius 1 is 1.23 bits per heavy atom. The minimum Gasteiger partial charge on any atom is -0.497 e. The lowest BCUT2D eigenvalue weighted by Crippen LogP contribution is -2.44. The average Bonchev–Trinajstić information content (AvgIpc) is 3.42. The SMILES string of the molecule is C=C[C@@H]1C[C@]1(CC(=O)[C@@H]1C[C@@H](Oc2nc3cc(OC)ccc3nc2Cl)CN1C(=O)OC(C)(C)C)C(=O)OCC. The van der Waals surface area contributed by atoms with E-state index in [9.17, 15) is 14.4 Å². The fourth-order valence-electron chi connectivity index (χ4n) is 4.92. The smallest absolute Gasteiger partial charge is 0.411 e. The largest absolute Gasteiger partial charge is 0.497 e. The van der Waals surface area contributed by atoms with Gasteiger partial charge in [-0.05, 0) is 52.2 Å². The molecule has 1 saturated heterocycles. The van der Waals surface area contributed by atoms with E-state index in [0.29, 0.717) is 23.2 Å². The van der Waals surface area contributed by atoms with Crippen LogP contribution in [0.3, 0.4) is 0 Å². The zero-order valence-electron chi connectivity index (χ0n) is 22.9. The summed E-state index contributed by atoms with van der Waals surface area (Å²) in [5.41, 5.74) is -0.649. The number of rotatable bonds is 9. The van der Waals surface area contributed by atoms with Crippen LogP contribution in [-0.4, -0.2) is 70.7 Å². The maximum absolute atomic E-state index is 13.6. The Hall–Kier alpha value is -3.40. The van der Waals surface area contributed by atoms with E-state index in [2.05, 4.69) is 16.5 Å². The number of ether oxygens (including phenoxy) is 4. The first-order valence-corrected chi connectivity index (χ1v) is 13.3. The van der Waals surface area contributed by atoms with Crippen LogP contribution in [0.1, 0.15) is 47.0 Å². The van der Waals surface area contributed by atoms with Gasteiger partial charge in [-0.1, -0.05) is 17.7 Å². The van der Waals surface area contributed by atoms with E-state index in [1.807, 2.05) is 0 Å². The van der Waals surface area contributed by atoms with E-state index in [4.69, 9.17) is 30.5 Å². The topological polar surface area (TPSA) is 117 Å². The molecular weight excluding hydrogens is 526 g/mol. The molecular formula is C28H34ClN3O7. The number of aromatic nitrogens is 2. The first-order valence-electron chi connectivity index (χ1n) is 12.9. The van der Waals surface area contributed by atoms with Gasteiger partial charge in [0.15, 0.2) is 10.9 Å². The number of benzene rings is 1. The molecule has 2 aliphatic rings. The highest BCUT2D eigenvalue weighted by atomic mass is 35.5. The van der Waals surface area contributed by atoms with Crippen molar-refractivity contribution >= 4 is 40.5 Å². The van der Waals surface area contributed by atoms with Crippen molar-refractivity contribution in [2.75, 3.05) is 20.3 Å². The van der Waals surface area contributed by atoms with Gasteiger partial charge in [0.05, 0.1) is 42.8 Å². The fourth-order valence-corrected chi connectivity index (χ4v) is 5.10. The second-order valence-corrected chi connectivity index (χ2v) is 11.2. The molecule has 2 fully saturated rings. The van der Waals surface area contributed by atoms with Gasteiger partial charge in [0, 0.05) is 18.9 Å². The van der Waals surface area contributed by atoms with E-state index in [1.54, 1.807) is 59.1 Å². The van der Waals surface area contributed by atoms with Crippen LogP contribution in [0.5, 0.6) is 11.6 Å².